The zero-order valence-corrected chi connectivity index (χ0v) is 18.7. The Morgan fingerprint density at radius 1 is 1.33 bits per heavy atom. The SMILES string of the molecule is CCc1cc(CNC(=NC)NC2CCCN(c3ccc(C)cc3)C2)on1.I. The van der Waals surface area contributed by atoms with E-state index in [1.54, 1.807) is 7.05 Å². The Bertz CT molecular complexity index is 728. The van der Waals surface area contributed by atoms with E-state index >= 15 is 0 Å². The van der Waals surface area contributed by atoms with Crippen molar-refractivity contribution in [3.8, 4) is 0 Å². The second kappa shape index (κ2) is 10.5. The molecule has 0 saturated carbocycles. The van der Waals surface area contributed by atoms with Crippen LogP contribution in [0.3, 0.4) is 0 Å². The van der Waals surface area contributed by atoms with Crippen LogP contribution < -0.4 is 15.5 Å². The summed E-state index contributed by atoms with van der Waals surface area (Å²) in [4.78, 5) is 6.79. The van der Waals surface area contributed by atoms with Gasteiger partial charge in [0, 0.05) is 37.9 Å². The van der Waals surface area contributed by atoms with Gasteiger partial charge in [-0.2, -0.15) is 0 Å². The van der Waals surface area contributed by atoms with Gasteiger partial charge in [0.05, 0.1) is 12.2 Å². The summed E-state index contributed by atoms with van der Waals surface area (Å²) in [5, 5.41) is 10.9. The summed E-state index contributed by atoms with van der Waals surface area (Å²) in [6.45, 7) is 6.86. The van der Waals surface area contributed by atoms with Gasteiger partial charge in [0.15, 0.2) is 11.7 Å². The van der Waals surface area contributed by atoms with E-state index in [0.29, 0.717) is 12.6 Å². The smallest absolute Gasteiger partial charge is 0.191 e. The third-order valence-corrected chi connectivity index (χ3v) is 4.79. The topological polar surface area (TPSA) is 65.7 Å². The zero-order valence-electron chi connectivity index (χ0n) is 16.4. The van der Waals surface area contributed by atoms with Crippen molar-refractivity contribution in [1.29, 1.82) is 0 Å². The number of piperidine rings is 1. The predicted molar refractivity (Wildman–Crippen MR) is 121 cm³/mol. The second-order valence-electron chi connectivity index (χ2n) is 6.83. The van der Waals surface area contributed by atoms with Gasteiger partial charge in [0.1, 0.15) is 0 Å². The molecule has 1 saturated heterocycles. The highest BCUT2D eigenvalue weighted by Gasteiger charge is 2.21. The van der Waals surface area contributed by atoms with Crippen molar-refractivity contribution in [2.45, 2.75) is 45.7 Å². The Morgan fingerprint density at radius 2 is 2.11 bits per heavy atom. The first-order valence-corrected chi connectivity index (χ1v) is 9.41. The maximum Gasteiger partial charge on any atom is 0.191 e. The van der Waals surface area contributed by atoms with E-state index in [2.05, 4.69) is 63.8 Å². The van der Waals surface area contributed by atoms with E-state index in [1.165, 1.54) is 17.7 Å². The second-order valence-corrected chi connectivity index (χ2v) is 6.83. The lowest BCUT2D eigenvalue weighted by Gasteiger charge is -2.35. The van der Waals surface area contributed by atoms with Crippen molar-refractivity contribution in [2.75, 3.05) is 25.0 Å². The molecule has 1 aromatic carbocycles. The molecule has 0 radical (unpaired) electrons. The number of nitrogens with zero attached hydrogens (tertiary/aromatic N) is 3. The number of hydrogen-bond acceptors (Lipinski definition) is 4. The average molecular weight is 483 g/mol. The van der Waals surface area contributed by atoms with Crippen LogP contribution in [0.25, 0.3) is 0 Å². The highest BCUT2D eigenvalue weighted by atomic mass is 127. The number of hydrogen-bond donors (Lipinski definition) is 2. The first kappa shape index (κ1) is 21.5. The third kappa shape index (κ3) is 6.12. The van der Waals surface area contributed by atoms with Crippen molar-refractivity contribution < 1.29 is 4.52 Å². The molecule has 0 amide bonds. The minimum absolute atomic E-state index is 0. The number of nitrogens with one attached hydrogen (secondary N) is 2. The van der Waals surface area contributed by atoms with Crippen LogP contribution in [0.4, 0.5) is 5.69 Å². The molecule has 148 valence electrons. The molecule has 1 fully saturated rings. The minimum atomic E-state index is 0. The van der Waals surface area contributed by atoms with Crippen LogP contribution in [0.15, 0.2) is 39.8 Å². The normalized spacial score (nSPS) is 17.4. The van der Waals surface area contributed by atoms with Gasteiger partial charge in [-0.25, -0.2) is 0 Å². The Hall–Kier alpha value is -1.77. The summed E-state index contributed by atoms with van der Waals surface area (Å²) >= 11 is 0. The fourth-order valence-electron chi connectivity index (χ4n) is 3.25. The molecule has 2 N–H and O–H groups in total. The zero-order chi connectivity index (χ0) is 18.4. The van der Waals surface area contributed by atoms with Crippen molar-refractivity contribution >= 4 is 35.6 Å². The molecule has 1 unspecified atom stereocenters. The van der Waals surface area contributed by atoms with Crippen LogP contribution in [-0.2, 0) is 13.0 Å². The minimum Gasteiger partial charge on any atom is -0.369 e. The van der Waals surface area contributed by atoms with Crippen molar-refractivity contribution in [3.05, 3.63) is 47.3 Å². The van der Waals surface area contributed by atoms with Crippen molar-refractivity contribution in [1.82, 2.24) is 15.8 Å². The summed E-state index contributed by atoms with van der Waals surface area (Å²) in [6, 6.07) is 11.1. The van der Waals surface area contributed by atoms with Gasteiger partial charge in [-0.15, -0.1) is 24.0 Å². The standard InChI is InChI=1S/C20H29N5O.HI/c1-4-16-12-19(26-24-16)13-22-20(21-3)23-17-6-5-11-25(14-17)18-9-7-15(2)8-10-18;/h7-10,12,17H,4-6,11,13-14H2,1-3H3,(H2,21,22,23);1H. The van der Waals surface area contributed by atoms with Gasteiger partial charge < -0.3 is 20.1 Å². The van der Waals surface area contributed by atoms with Gasteiger partial charge in [0.25, 0.3) is 0 Å². The molecular formula is C20H30IN5O. The number of aliphatic imine (C=N–C) groups is 1. The summed E-state index contributed by atoms with van der Waals surface area (Å²) < 4.78 is 5.32. The van der Waals surface area contributed by atoms with E-state index in [0.717, 1.165) is 43.3 Å². The molecule has 1 aromatic heterocycles. The largest absolute Gasteiger partial charge is 0.369 e. The number of halogens is 1. The van der Waals surface area contributed by atoms with E-state index < -0.39 is 0 Å². The summed E-state index contributed by atoms with van der Waals surface area (Å²) in [5.74, 6) is 1.63. The van der Waals surface area contributed by atoms with E-state index in [9.17, 15) is 0 Å². The lowest BCUT2D eigenvalue weighted by Crippen LogP contribution is -2.51. The van der Waals surface area contributed by atoms with Gasteiger partial charge in [0.2, 0.25) is 0 Å². The van der Waals surface area contributed by atoms with E-state index in [-0.39, 0.29) is 24.0 Å². The van der Waals surface area contributed by atoms with Gasteiger partial charge >= 0.3 is 0 Å². The monoisotopic (exact) mass is 483 g/mol. The summed E-state index contributed by atoms with van der Waals surface area (Å²) in [7, 11) is 1.80. The Morgan fingerprint density at radius 3 is 2.78 bits per heavy atom. The molecule has 0 spiro atoms. The lowest BCUT2D eigenvalue weighted by molar-refractivity contribution is 0.374. The Balaban J connectivity index is 0.00000261. The quantitative estimate of drug-likeness (QED) is 0.387. The highest BCUT2D eigenvalue weighted by molar-refractivity contribution is 14.0. The number of anilines is 1. The average Bonchev–Trinajstić information content (AvgIpc) is 3.14. The van der Waals surface area contributed by atoms with Gasteiger partial charge in [-0.3, -0.25) is 4.99 Å². The molecule has 1 aliphatic heterocycles. The first-order valence-electron chi connectivity index (χ1n) is 9.41. The molecule has 1 atom stereocenters. The molecule has 0 aliphatic carbocycles. The van der Waals surface area contributed by atoms with Crippen LogP contribution in [0.1, 0.15) is 36.8 Å². The Labute approximate surface area is 178 Å². The van der Waals surface area contributed by atoms with Crippen molar-refractivity contribution in [2.24, 2.45) is 4.99 Å². The van der Waals surface area contributed by atoms with Crippen LogP contribution in [0.5, 0.6) is 0 Å². The molecule has 7 heteroatoms. The molecule has 1 aliphatic rings. The van der Waals surface area contributed by atoms with Crippen LogP contribution in [0.2, 0.25) is 0 Å². The summed E-state index contributed by atoms with van der Waals surface area (Å²) in [6.07, 6.45) is 3.20. The molecular weight excluding hydrogens is 453 g/mol. The summed E-state index contributed by atoms with van der Waals surface area (Å²) in [5.41, 5.74) is 3.56. The van der Waals surface area contributed by atoms with Crippen molar-refractivity contribution in [3.63, 3.8) is 0 Å². The molecule has 2 aromatic rings. The maximum atomic E-state index is 5.32. The van der Waals surface area contributed by atoms with Gasteiger partial charge in [-0.05, 0) is 38.3 Å². The number of rotatable bonds is 5. The van der Waals surface area contributed by atoms with Gasteiger partial charge in [-0.1, -0.05) is 29.8 Å². The molecule has 2 heterocycles. The maximum absolute atomic E-state index is 5.32. The lowest BCUT2D eigenvalue weighted by atomic mass is 10.0. The van der Waals surface area contributed by atoms with Crippen LogP contribution >= 0.6 is 24.0 Å². The molecule has 0 bridgehead atoms. The third-order valence-electron chi connectivity index (χ3n) is 4.79. The number of aryl methyl sites for hydroxylation is 2. The molecule has 27 heavy (non-hydrogen) atoms. The Kier molecular flexibility index (Phi) is 8.40. The highest BCUT2D eigenvalue weighted by Crippen LogP contribution is 2.20. The molecule has 3 rings (SSSR count). The number of aromatic nitrogens is 1. The van der Waals surface area contributed by atoms with E-state index in [4.69, 9.17) is 4.52 Å². The number of guanidine groups is 1. The van der Waals surface area contributed by atoms with E-state index in [1.807, 2.05) is 6.07 Å². The molecule has 6 nitrogen and oxygen atoms in total. The predicted octanol–water partition coefficient (Wildman–Crippen LogP) is 3.50. The van der Waals surface area contributed by atoms with Crippen LogP contribution in [-0.4, -0.2) is 37.3 Å². The number of benzene rings is 1. The fraction of sp³-hybridized carbons (Fsp3) is 0.500. The first-order chi connectivity index (χ1) is 12.7. The van der Waals surface area contributed by atoms with Crippen LogP contribution in [0, 0.1) is 6.92 Å². The fourth-order valence-corrected chi connectivity index (χ4v) is 3.25.